The number of carbonyl (C=O) groups excluding carboxylic acids is 1. The molecule has 76 valence electrons. The summed E-state index contributed by atoms with van der Waals surface area (Å²) >= 11 is 0. The summed E-state index contributed by atoms with van der Waals surface area (Å²) in [5, 5.41) is 5.52. The molecule has 1 amide bonds. The molecule has 0 radical (unpaired) electrons. The molecule has 0 unspecified atom stereocenters. The molecule has 0 aromatic heterocycles. The Morgan fingerprint density at radius 3 is 2.50 bits per heavy atom. The molecule has 0 aliphatic rings. The summed E-state index contributed by atoms with van der Waals surface area (Å²) in [5.74, 6) is 0.538. The quantitative estimate of drug-likeness (QED) is 0.757. The van der Waals surface area contributed by atoms with Gasteiger partial charge in [-0.25, -0.2) is 0 Å². The zero-order chi connectivity index (χ0) is 10.6. The number of carbonyl (C=O) groups is 1. The molecule has 0 fully saturated rings. The second kappa shape index (κ2) is 4.50. The molecule has 0 heterocycles. The highest BCUT2D eigenvalue weighted by Crippen LogP contribution is 2.20. The van der Waals surface area contributed by atoms with Crippen LogP contribution in [0.2, 0.25) is 0 Å². The zero-order valence-electron chi connectivity index (χ0n) is 8.55. The number of nitrogens with one attached hydrogen (secondary N) is 2. The molecule has 0 aliphatic carbocycles. The van der Waals surface area contributed by atoms with Gasteiger partial charge in [0.15, 0.2) is 0 Å². The molecule has 1 rings (SSSR count). The van der Waals surface area contributed by atoms with Crippen molar-refractivity contribution >= 4 is 11.6 Å². The molecule has 0 spiro atoms. The topological polar surface area (TPSA) is 50.4 Å². The standard InChI is InChI=1S/C10H14N2O2/c1-11-8-4-7(10(13)12-2)5-9(6-8)14-3/h4-6,11H,1-3H3,(H,12,13). The summed E-state index contributed by atoms with van der Waals surface area (Å²) < 4.78 is 5.07. The third-order valence-electron chi connectivity index (χ3n) is 1.92. The first-order valence-electron chi connectivity index (χ1n) is 4.30. The van der Waals surface area contributed by atoms with Crippen LogP contribution in [0.3, 0.4) is 0 Å². The number of rotatable bonds is 3. The Morgan fingerprint density at radius 1 is 1.29 bits per heavy atom. The Balaban J connectivity index is 3.10. The number of amides is 1. The van der Waals surface area contributed by atoms with Crippen LogP contribution < -0.4 is 15.4 Å². The van der Waals surface area contributed by atoms with E-state index < -0.39 is 0 Å². The maximum atomic E-state index is 11.4. The molecule has 0 atom stereocenters. The predicted octanol–water partition coefficient (Wildman–Crippen LogP) is 1.10. The summed E-state index contributed by atoms with van der Waals surface area (Å²) in [5.41, 5.74) is 1.43. The highest BCUT2D eigenvalue weighted by atomic mass is 16.5. The number of ether oxygens (including phenoxy) is 1. The molecule has 1 aromatic carbocycles. The van der Waals surface area contributed by atoms with Crippen molar-refractivity contribution in [3.05, 3.63) is 23.8 Å². The first-order valence-corrected chi connectivity index (χ1v) is 4.30. The predicted molar refractivity (Wildman–Crippen MR) is 55.9 cm³/mol. The average Bonchev–Trinajstić information content (AvgIpc) is 2.27. The summed E-state index contributed by atoms with van der Waals surface area (Å²) in [4.78, 5) is 11.4. The van der Waals surface area contributed by atoms with E-state index in [9.17, 15) is 4.79 Å². The van der Waals surface area contributed by atoms with E-state index in [0.29, 0.717) is 11.3 Å². The number of anilines is 1. The Kier molecular flexibility index (Phi) is 3.34. The van der Waals surface area contributed by atoms with Gasteiger partial charge in [-0.15, -0.1) is 0 Å². The highest BCUT2D eigenvalue weighted by molar-refractivity contribution is 5.95. The largest absolute Gasteiger partial charge is 0.497 e. The number of hydrogen-bond donors (Lipinski definition) is 2. The summed E-state index contributed by atoms with van der Waals surface area (Å²) in [6, 6.07) is 5.29. The van der Waals surface area contributed by atoms with E-state index in [4.69, 9.17) is 4.74 Å². The lowest BCUT2D eigenvalue weighted by atomic mass is 10.1. The van der Waals surface area contributed by atoms with Gasteiger partial charge in [-0.2, -0.15) is 0 Å². The lowest BCUT2D eigenvalue weighted by Gasteiger charge is -2.07. The van der Waals surface area contributed by atoms with Crippen LogP contribution in [-0.4, -0.2) is 27.1 Å². The third-order valence-corrected chi connectivity index (χ3v) is 1.92. The maximum Gasteiger partial charge on any atom is 0.251 e. The molecule has 1 aromatic rings. The lowest BCUT2D eigenvalue weighted by molar-refractivity contribution is 0.0963. The minimum Gasteiger partial charge on any atom is -0.497 e. The molecular formula is C10H14N2O2. The van der Waals surface area contributed by atoms with Crippen LogP contribution in [0.15, 0.2) is 18.2 Å². The van der Waals surface area contributed by atoms with Gasteiger partial charge < -0.3 is 15.4 Å². The Morgan fingerprint density at radius 2 is 2.00 bits per heavy atom. The van der Waals surface area contributed by atoms with Crippen molar-refractivity contribution in [3.8, 4) is 5.75 Å². The van der Waals surface area contributed by atoms with Gasteiger partial charge in [0.1, 0.15) is 5.75 Å². The van der Waals surface area contributed by atoms with Crippen LogP contribution in [0.4, 0.5) is 5.69 Å². The summed E-state index contributed by atoms with van der Waals surface area (Å²) in [6.07, 6.45) is 0. The van der Waals surface area contributed by atoms with Crippen LogP contribution in [-0.2, 0) is 0 Å². The van der Waals surface area contributed by atoms with E-state index in [-0.39, 0.29) is 5.91 Å². The van der Waals surface area contributed by atoms with Crippen LogP contribution in [0, 0.1) is 0 Å². The van der Waals surface area contributed by atoms with Gasteiger partial charge in [0.25, 0.3) is 5.91 Å². The maximum absolute atomic E-state index is 11.4. The minimum atomic E-state index is -0.125. The average molecular weight is 194 g/mol. The molecule has 14 heavy (non-hydrogen) atoms. The summed E-state index contributed by atoms with van der Waals surface area (Å²) in [6.45, 7) is 0. The third kappa shape index (κ3) is 2.16. The smallest absolute Gasteiger partial charge is 0.251 e. The molecular weight excluding hydrogens is 180 g/mol. The molecule has 0 saturated carbocycles. The zero-order valence-corrected chi connectivity index (χ0v) is 8.55. The van der Waals surface area contributed by atoms with Crippen molar-refractivity contribution in [1.29, 1.82) is 0 Å². The van der Waals surface area contributed by atoms with Crippen LogP contribution in [0.1, 0.15) is 10.4 Å². The van der Waals surface area contributed by atoms with Gasteiger partial charge in [0, 0.05) is 31.4 Å². The van der Waals surface area contributed by atoms with Gasteiger partial charge in [0.2, 0.25) is 0 Å². The fourth-order valence-corrected chi connectivity index (χ4v) is 1.14. The van der Waals surface area contributed by atoms with Gasteiger partial charge in [-0.3, -0.25) is 4.79 Å². The van der Waals surface area contributed by atoms with Crippen LogP contribution in [0.5, 0.6) is 5.75 Å². The van der Waals surface area contributed by atoms with E-state index >= 15 is 0 Å². The van der Waals surface area contributed by atoms with E-state index in [1.165, 1.54) is 0 Å². The van der Waals surface area contributed by atoms with Gasteiger partial charge in [0.05, 0.1) is 7.11 Å². The number of benzene rings is 1. The first-order chi connectivity index (χ1) is 6.71. The molecule has 2 N–H and O–H groups in total. The van der Waals surface area contributed by atoms with Crippen molar-refractivity contribution in [3.63, 3.8) is 0 Å². The van der Waals surface area contributed by atoms with E-state index in [0.717, 1.165) is 5.69 Å². The fourth-order valence-electron chi connectivity index (χ4n) is 1.14. The number of methoxy groups -OCH3 is 1. The van der Waals surface area contributed by atoms with Crippen molar-refractivity contribution < 1.29 is 9.53 Å². The van der Waals surface area contributed by atoms with Crippen molar-refractivity contribution in [2.75, 3.05) is 26.5 Å². The second-order valence-corrected chi connectivity index (χ2v) is 2.78. The van der Waals surface area contributed by atoms with E-state index in [1.807, 2.05) is 6.07 Å². The second-order valence-electron chi connectivity index (χ2n) is 2.78. The number of hydrogen-bond acceptors (Lipinski definition) is 3. The fraction of sp³-hybridized carbons (Fsp3) is 0.300. The van der Waals surface area contributed by atoms with E-state index in [2.05, 4.69) is 10.6 Å². The van der Waals surface area contributed by atoms with Gasteiger partial charge in [-0.05, 0) is 12.1 Å². The normalized spacial score (nSPS) is 9.36. The molecule has 4 heteroatoms. The molecule has 4 nitrogen and oxygen atoms in total. The van der Waals surface area contributed by atoms with Crippen molar-refractivity contribution in [1.82, 2.24) is 5.32 Å². The van der Waals surface area contributed by atoms with E-state index in [1.54, 1.807) is 33.3 Å². The Bertz CT molecular complexity index is 315. The van der Waals surface area contributed by atoms with Gasteiger partial charge in [-0.1, -0.05) is 0 Å². The first kappa shape index (κ1) is 10.4. The highest BCUT2D eigenvalue weighted by Gasteiger charge is 2.06. The Labute approximate surface area is 83.3 Å². The molecule has 0 bridgehead atoms. The molecule has 0 saturated heterocycles. The SMILES string of the molecule is CNC(=O)c1cc(NC)cc(OC)c1. The summed E-state index contributed by atoms with van der Waals surface area (Å²) in [7, 11) is 4.96. The Hall–Kier alpha value is -1.71. The van der Waals surface area contributed by atoms with Crippen molar-refractivity contribution in [2.24, 2.45) is 0 Å². The van der Waals surface area contributed by atoms with Gasteiger partial charge >= 0.3 is 0 Å². The molecule has 0 aliphatic heterocycles. The minimum absolute atomic E-state index is 0.125. The van der Waals surface area contributed by atoms with Crippen LogP contribution in [0.25, 0.3) is 0 Å². The van der Waals surface area contributed by atoms with Crippen LogP contribution >= 0.6 is 0 Å². The van der Waals surface area contributed by atoms with Crippen molar-refractivity contribution in [2.45, 2.75) is 0 Å². The monoisotopic (exact) mass is 194 g/mol. The lowest BCUT2D eigenvalue weighted by Crippen LogP contribution is -2.17.